The van der Waals surface area contributed by atoms with E-state index in [0.29, 0.717) is 5.82 Å². The molecule has 7 heteroatoms. The van der Waals surface area contributed by atoms with Crippen LogP contribution in [0.2, 0.25) is 0 Å². The molecular formula is C11H8N4O3. The third-order valence-corrected chi connectivity index (χ3v) is 2.06. The van der Waals surface area contributed by atoms with Crippen LogP contribution >= 0.6 is 0 Å². The summed E-state index contributed by atoms with van der Waals surface area (Å²) < 4.78 is 0. The van der Waals surface area contributed by atoms with E-state index in [9.17, 15) is 9.59 Å². The van der Waals surface area contributed by atoms with Gasteiger partial charge in [-0.15, -0.1) is 5.10 Å². The molecule has 0 saturated carbocycles. The summed E-state index contributed by atoms with van der Waals surface area (Å²) in [6.45, 7) is 0. The van der Waals surface area contributed by atoms with Crippen LogP contribution in [0.1, 0.15) is 20.8 Å². The largest absolute Gasteiger partial charge is 0.477 e. The van der Waals surface area contributed by atoms with Crippen LogP contribution in [0.15, 0.2) is 36.7 Å². The average Bonchev–Trinajstić information content (AvgIpc) is 2.40. The normalized spacial score (nSPS) is 9.78. The maximum absolute atomic E-state index is 11.7. The van der Waals surface area contributed by atoms with Crippen molar-refractivity contribution in [2.75, 3.05) is 5.32 Å². The first-order valence-electron chi connectivity index (χ1n) is 4.95. The maximum Gasteiger partial charge on any atom is 0.354 e. The number of carboxylic acids is 1. The second-order valence-electron chi connectivity index (χ2n) is 3.30. The molecule has 0 fully saturated rings. The van der Waals surface area contributed by atoms with Crippen molar-refractivity contribution in [1.82, 2.24) is 15.2 Å². The predicted octanol–water partition coefficient (Wildman–Crippen LogP) is 0.822. The highest BCUT2D eigenvalue weighted by Crippen LogP contribution is 2.05. The molecule has 0 aliphatic rings. The Bertz CT molecular complexity index is 569. The van der Waals surface area contributed by atoms with E-state index >= 15 is 0 Å². The highest BCUT2D eigenvalue weighted by molar-refractivity contribution is 6.03. The second-order valence-corrected chi connectivity index (χ2v) is 3.30. The van der Waals surface area contributed by atoms with Crippen LogP contribution in [0, 0.1) is 0 Å². The molecule has 0 radical (unpaired) electrons. The van der Waals surface area contributed by atoms with E-state index in [1.54, 1.807) is 12.1 Å². The maximum atomic E-state index is 11.7. The van der Waals surface area contributed by atoms with Gasteiger partial charge in [0.1, 0.15) is 5.69 Å². The Morgan fingerprint density at radius 1 is 1.22 bits per heavy atom. The van der Waals surface area contributed by atoms with Crippen LogP contribution in [-0.2, 0) is 0 Å². The topological polar surface area (TPSA) is 105 Å². The third kappa shape index (κ3) is 2.64. The van der Waals surface area contributed by atoms with Crippen molar-refractivity contribution in [1.29, 1.82) is 0 Å². The molecule has 7 nitrogen and oxygen atoms in total. The third-order valence-electron chi connectivity index (χ3n) is 2.06. The number of anilines is 1. The van der Waals surface area contributed by atoms with Gasteiger partial charge in [-0.3, -0.25) is 4.79 Å². The second kappa shape index (κ2) is 5.00. The summed E-state index contributed by atoms with van der Waals surface area (Å²) in [7, 11) is 0. The van der Waals surface area contributed by atoms with Crippen molar-refractivity contribution < 1.29 is 14.7 Å². The number of carbonyl (C=O) groups excluding carboxylic acids is 1. The average molecular weight is 244 g/mol. The molecule has 2 heterocycles. The summed E-state index contributed by atoms with van der Waals surface area (Å²) in [4.78, 5) is 26.0. The summed E-state index contributed by atoms with van der Waals surface area (Å²) >= 11 is 0. The minimum absolute atomic E-state index is 0.119. The summed E-state index contributed by atoms with van der Waals surface area (Å²) in [5.74, 6) is -1.26. The number of nitrogens with zero attached hydrogens (tertiary/aromatic N) is 3. The van der Waals surface area contributed by atoms with Gasteiger partial charge in [-0.1, -0.05) is 0 Å². The molecule has 1 amide bonds. The highest BCUT2D eigenvalue weighted by Gasteiger charge is 2.09. The Kier molecular flexibility index (Phi) is 3.24. The van der Waals surface area contributed by atoms with Crippen LogP contribution in [0.3, 0.4) is 0 Å². The molecule has 18 heavy (non-hydrogen) atoms. The monoisotopic (exact) mass is 244 g/mol. The molecule has 0 aliphatic carbocycles. The van der Waals surface area contributed by atoms with Crippen molar-refractivity contribution in [2.24, 2.45) is 0 Å². The fraction of sp³-hybridized carbons (Fsp3) is 0. The van der Waals surface area contributed by atoms with Gasteiger partial charge >= 0.3 is 5.97 Å². The van der Waals surface area contributed by atoms with Gasteiger partial charge < -0.3 is 10.4 Å². The van der Waals surface area contributed by atoms with Crippen molar-refractivity contribution >= 4 is 17.7 Å². The zero-order chi connectivity index (χ0) is 13.0. The fourth-order valence-electron chi connectivity index (χ4n) is 1.21. The summed E-state index contributed by atoms with van der Waals surface area (Å²) in [6, 6.07) is 5.86. The summed E-state index contributed by atoms with van der Waals surface area (Å²) in [6.07, 6.45) is 2.67. The van der Waals surface area contributed by atoms with Crippen LogP contribution in [0.5, 0.6) is 0 Å². The van der Waals surface area contributed by atoms with E-state index in [1.807, 2.05) is 0 Å². The molecule has 0 bridgehead atoms. The number of nitrogens with one attached hydrogen (secondary N) is 1. The van der Waals surface area contributed by atoms with Crippen molar-refractivity contribution in [3.63, 3.8) is 0 Å². The van der Waals surface area contributed by atoms with Gasteiger partial charge in [-0.05, 0) is 24.3 Å². The molecule has 90 valence electrons. The van der Waals surface area contributed by atoms with E-state index < -0.39 is 11.9 Å². The number of aromatic nitrogens is 3. The molecule has 0 aromatic carbocycles. The fourth-order valence-corrected chi connectivity index (χ4v) is 1.21. The van der Waals surface area contributed by atoms with Crippen LogP contribution in [0.25, 0.3) is 0 Å². The van der Waals surface area contributed by atoms with Gasteiger partial charge in [0.2, 0.25) is 0 Å². The summed E-state index contributed by atoms with van der Waals surface area (Å²) in [5.41, 5.74) is 0.122. The van der Waals surface area contributed by atoms with Crippen LogP contribution in [-0.4, -0.2) is 32.2 Å². The lowest BCUT2D eigenvalue weighted by atomic mass is 10.2. The number of pyridine rings is 1. The van der Waals surface area contributed by atoms with Crippen molar-refractivity contribution in [3.05, 3.63) is 47.9 Å². The van der Waals surface area contributed by atoms with Gasteiger partial charge in [0.25, 0.3) is 5.91 Å². The van der Waals surface area contributed by atoms with Crippen molar-refractivity contribution in [2.45, 2.75) is 0 Å². The Balaban J connectivity index is 2.12. The van der Waals surface area contributed by atoms with E-state index in [-0.39, 0.29) is 11.3 Å². The number of hydrogen-bond acceptors (Lipinski definition) is 5. The predicted molar refractivity (Wildman–Crippen MR) is 61.2 cm³/mol. The Morgan fingerprint density at radius 2 is 2.06 bits per heavy atom. The standard InChI is InChI=1S/C11H8N4O3/c16-10(14-9-2-1-5-13-15-9)7-3-4-8(11(17)18)12-6-7/h1-6H,(H,17,18)(H,14,15,16). The first-order valence-corrected chi connectivity index (χ1v) is 4.95. The molecule has 2 N–H and O–H groups in total. The van der Waals surface area contributed by atoms with Gasteiger partial charge in [0.05, 0.1) is 5.56 Å². The van der Waals surface area contributed by atoms with E-state index in [1.165, 1.54) is 24.5 Å². The lowest BCUT2D eigenvalue weighted by Crippen LogP contribution is -2.14. The van der Waals surface area contributed by atoms with Crippen molar-refractivity contribution in [3.8, 4) is 0 Å². The zero-order valence-corrected chi connectivity index (χ0v) is 9.07. The molecule has 0 atom stereocenters. The smallest absolute Gasteiger partial charge is 0.354 e. The SMILES string of the molecule is O=C(Nc1cccnn1)c1ccc(C(=O)O)nc1. The van der Waals surface area contributed by atoms with Gasteiger partial charge in [-0.2, -0.15) is 5.10 Å². The first-order chi connectivity index (χ1) is 8.66. The molecule has 0 spiro atoms. The van der Waals surface area contributed by atoms with Crippen LogP contribution in [0.4, 0.5) is 5.82 Å². The quantitative estimate of drug-likeness (QED) is 0.828. The minimum Gasteiger partial charge on any atom is -0.477 e. The molecule has 2 rings (SSSR count). The lowest BCUT2D eigenvalue weighted by molar-refractivity contribution is 0.0690. The Labute approximate surface area is 102 Å². The lowest BCUT2D eigenvalue weighted by Gasteiger charge is -2.03. The number of carbonyl (C=O) groups is 2. The Morgan fingerprint density at radius 3 is 2.61 bits per heavy atom. The van der Waals surface area contributed by atoms with E-state index in [4.69, 9.17) is 5.11 Å². The summed E-state index contributed by atoms with van der Waals surface area (Å²) in [5, 5.41) is 18.5. The molecule has 0 unspecified atom stereocenters. The van der Waals surface area contributed by atoms with Crippen LogP contribution < -0.4 is 5.32 Å². The van der Waals surface area contributed by atoms with Gasteiger partial charge in [0.15, 0.2) is 5.82 Å². The number of aromatic carboxylic acids is 1. The molecular weight excluding hydrogens is 236 g/mol. The Hall–Kier alpha value is -2.83. The van der Waals surface area contributed by atoms with Gasteiger partial charge in [0, 0.05) is 12.4 Å². The zero-order valence-electron chi connectivity index (χ0n) is 9.07. The van der Waals surface area contributed by atoms with E-state index in [2.05, 4.69) is 20.5 Å². The molecule has 2 aromatic heterocycles. The number of rotatable bonds is 3. The molecule has 0 saturated heterocycles. The number of hydrogen-bond donors (Lipinski definition) is 2. The molecule has 0 aliphatic heterocycles. The minimum atomic E-state index is -1.14. The molecule has 2 aromatic rings. The number of carboxylic acid groups (broad SMARTS) is 1. The number of amides is 1. The highest BCUT2D eigenvalue weighted by atomic mass is 16.4. The van der Waals surface area contributed by atoms with Gasteiger partial charge in [-0.25, -0.2) is 9.78 Å². The first kappa shape index (κ1) is 11.6. The van der Waals surface area contributed by atoms with E-state index in [0.717, 1.165) is 0 Å².